The fourth-order valence-corrected chi connectivity index (χ4v) is 3.76. The summed E-state index contributed by atoms with van der Waals surface area (Å²) in [6.07, 6.45) is 1.82. The first-order valence-electron chi connectivity index (χ1n) is 6.04. The molecule has 18 heavy (non-hydrogen) atoms. The third-order valence-corrected chi connectivity index (χ3v) is 5.01. The van der Waals surface area contributed by atoms with E-state index in [1.165, 1.54) is 0 Å². The number of hydrogen-bond acceptors (Lipinski definition) is 6. The van der Waals surface area contributed by atoms with Crippen LogP contribution in [-0.4, -0.2) is 58.9 Å². The molecule has 1 aliphatic heterocycles. The minimum Gasteiger partial charge on any atom is -0.325 e. The Kier molecular flexibility index (Phi) is 3.98. The van der Waals surface area contributed by atoms with E-state index in [9.17, 15) is 8.42 Å². The lowest BCUT2D eigenvalue weighted by molar-refractivity contribution is 0.214. The van der Waals surface area contributed by atoms with E-state index in [-0.39, 0.29) is 17.5 Å². The Morgan fingerprint density at radius 2 is 2.28 bits per heavy atom. The van der Waals surface area contributed by atoms with Crippen LogP contribution in [0.2, 0.25) is 0 Å². The van der Waals surface area contributed by atoms with Gasteiger partial charge < -0.3 is 5.73 Å². The van der Waals surface area contributed by atoms with E-state index in [4.69, 9.17) is 5.73 Å². The van der Waals surface area contributed by atoms with Crippen molar-refractivity contribution in [1.29, 1.82) is 0 Å². The van der Waals surface area contributed by atoms with Gasteiger partial charge >= 0.3 is 0 Å². The maximum absolute atomic E-state index is 11.5. The minimum absolute atomic E-state index is 0.0706. The zero-order chi connectivity index (χ0) is 13.2. The van der Waals surface area contributed by atoms with Crippen LogP contribution in [0.5, 0.6) is 0 Å². The van der Waals surface area contributed by atoms with E-state index in [1.54, 1.807) is 4.68 Å². The predicted molar refractivity (Wildman–Crippen MR) is 67.6 cm³/mol. The maximum Gasteiger partial charge on any atom is 0.153 e. The third kappa shape index (κ3) is 3.27. The molecule has 2 rings (SSSR count). The molecule has 0 amide bonds. The van der Waals surface area contributed by atoms with Crippen LogP contribution in [0.15, 0.2) is 6.20 Å². The van der Waals surface area contributed by atoms with Crippen LogP contribution in [0.4, 0.5) is 0 Å². The molecule has 0 aliphatic carbocycles. The van der Waals surface area contributed by atoms with Crippen molar-refractivity contribution in [3.63, 3.8) is 0 Å². The number of hydrogen-bond donors (Lipinski definition) is 1. The molecule has 1 aromatic heterocycles. The van der Waals surface area contributed by atoms with Gasteiger partial charge in [-0.25, -0.2) is 8.42 Å². The number of sulfone groups is 1. The summed E-state index contributed by atoms with van der Waals surface area (Å²) in [5.41, 5.74) is 6.23. The van der Waals surface area contributed by atoms with E-state index in [2.05, 4.69) is 15.2 Å². The number of rotatable bonds is 4. The molecule has 0 aromatic carbocycles. The second kappa shape index (κ2) is 5.33. The standard InChI is InChI=1S/C10H19N5O2S/c1-9-8-18(16,17)5-4-14(9)2-3-15-7-10(6-11)12-13-15/h7,9H,2-6,8,11H2,1H3. The van der Waals surface area contributed by atoms with E-state index >= 15 is 0 Å². The number of nitrogens with zero attached hydrogens (tertiary/aromatic N) is 4. The Hall–Kier alpha value is -0.990. The first kappa shape index (κ1) is 13.4. The topological polar surface area (TPSA) is 94.1 Å². The van der Waals surface area contributed by atoms with Gasteiger partial charge in [-0.3, -0.25) is 9.58 Å². The van der Waals surface area contributed by atoms with Gasteiger partial charge in [-0.2, -0.15) is 0 Å². The van der Waals surface area contributed by atoms with Crippen molar-refractivity contribution in [1.82, 2.24) is 19.9 Å². The summed E-state index contributed by atoms with van der Waals surface area (Å²) >= 11 is 0. The molecule has 1 saturated heterocycles. The highest BCUT2D eigenvalue weighted by Crippen LogP contribution is 2.11. The second-order valence-corrected chi connectivity index (χ2v) is 6.91. The van der Waals surface area contributed by atoms with Crippen molar-refractivity contribution < 1.29 is 8.42 Å². The predicted octanol–water partition coefficient (Wildman–Crippen LogP) is -1.14. The van der Waals surface area contributed by atoms with Crippen LogP contribution in [-0.2, 0) is 22.9 Å². The van der Waals surface area contributed by atoms with Crippen molar-refractivity contribution in [2.45, 2.75) is 26.1 Å². The van der Waals surface area contributed by atoms with Gasteiger partial charge in [0.2, 0.25) is 0 Å². The summed E-state index contributed by atoms with van der Waals surface area (Å²) in [6, 6.07) is 0.0706. The van der Waals surface area contributed by atoms with Gasteiger partial charge in [0.15, 0.2) is 9.84 Å². The van der Waals surface area contributed by atoms with E-state index in [0.717, 1.165) is 12.2 Å². The molecule has 8 heteroatoms. The Labute approximate surface area is 107 Å². The molecule has 1 fully saturated rings. The van der Waals surface area contributed by atoms with Crippen LogP contribution < -0.4 is 5.73 Å². The molecule has 0 saturated carbocycles. The maximum atomic E-state index is 11.5. The van der Waals surface area contributed by atoms with Gasteiger partial charge in [-0.1, -0.05) is 5.21 Å². The van der Waals surface area contributed by atoms with Gasteiger partial charge in [0.05, 0.1) is 23.7 Å². The molecule has 102 valence electrons. The Balaban J connectivity index is 1.87. The van der Waals surface area contributed by atoms with Crippen molar-refractivity contribution >= 4 is 9.84 Å². The number of nitrogens with two attached hydrogens (primary N) is 1. The zero-order valence-corrected chi connectivity index (χ0v) is 11.3. The van der Waals surface area contributed by atoms with Crippen molar-refractivity contribution in [2.75, 3.05) is 24.6 Å². The second-order valence-electron chi connectivity index (χ2n) is 4.68. The largest absolute Gasteiger partial charge is 0.325 e. The van der Waals surface area contributed by atoms with Gasteiger partial charge in [-0.05, 0) is 6.92 Å². The average molecular weight is 273 g/mol. The van der Waals surface area contributed by atoms with Crippen LogP contribution in [0, 0.1) is 0 Å². The third-order valence-electron chi connectivity index (χ3n) is 3.22. The molecule has 2 heterocycles. The molecule has 2 N–H and O–H groups in total. The Morgan fingerprint density at radius 3 is 2.89 bits per heavy atom. The first-order chi connectivity index (χ1) is 8.50. The first-order valence-corrected chi connectivity index (χ1v) is 7.86. The fourth-order valence-electron chi connectivity index (χ4n) is 2.14. The van der Waals surface area contributed by atoms with E-state index in [1.807, 2.05) is 13.1 Å². The van der Waals surface area contributed by atoms with Crippen LogP contribution in [0.25, 0.3) is 0 Å². The molecule has 1 aliphatic rings. The summed E-state index contributed by atoms with van der Waals surface area (Å²) < 4.78 is 24.7. The molecule has 0 spiro atoms. The van der Waals surface area contributed by atoms with Gasteiger partial charge in [0.25, 0.3) is 0 Å². The van der Waals surface area contributed by atoms with Crippen LogP contribution in [0.3, 0.4) is 0 Å². The highest BCUT2D eigenvalue weighted by atomic mass is 32.2. The van der Waals surface area contributed by atoms with E-state index < -0.39 is 9.84 Å². The molecule has 0 bridgehead atoms. The normalized spacial score (nSPS) is 24.2. The summed E-state index contributed by atoms with van der Waals surface area (Å²) in [5, 5.41) is 7.88. The van der Waals surface area contributed by atoms with Gasteiger partial charge in [-0.15, -0.1) is 5.10 Å². The highest BCUT2D eigenvalue weighted by Gasteiger charge is 2.27. The monoisotopic (exact) mass is 273 g/mol. The lowest BCUT2D eigenvalue weighted by Gasteiger charge is -2.32. The molecular formula is C10H19N5O2S. The molecule has 1 unspecified atom stereocenters. The highest BCUT2D eigenvalue weighted by molar-refractivity contribution is 7.91. The lowest BCUT2D eigenvalue weighted by Crippen LogP contribution is -2.47. The van der Waals surface area contributed by atoms with Crippen molar-refractivity contribution in [2.24, 2.45) is 5.73 Å². The van der Waals surface area contributed by atoms with Gasteiger partial charge in [0, 0.05) is 31.9 Å². The van der Waals surface area contributed by atoms with Gasteiger partial charge in [0.1, 0.15) is 0 Å². The summed E-state index contributed by atoms with van der Waals surface area (Å²) in [5.74, 6) is 0.501. The smallest absolute Gasteiger partial charge is 0.153 e. The Bertz CT molecular complexity index is 498. The molecule has 0 radical (unpaired) electrons. The Morgan fingerprint density at radius 1 is 1.50 bits per heavy atom. The average Bonchev–Trinajstić information content (AvgIpc) is 2.75. The summed E-state index contributed by atoms with van der Waals surface area (Å²) in [6.45, 7) is 4.42. The molecular weight excluding hydrogens is 254 g/mol. The molecule has 1 atom stereocenters. The SMILES string of the molecule is CC1CS(=O)(=O)CCN1CCn1cc(CN)nn1. The quantitative estimate of drug-likeness (QED) is 0.745. The minimum atomic E-state index is -2.84. The molecule has 1 aromatic rings. The van der Waals surface area contributed by atoms with Crippen LogP contribution >= 0.6 is 0 Å². The van der Waals surface area contributed by atoms with Crippen LogP contribution in [0.1, 0.15) is 12.6 Å². The summed E-state index contributed by atoms with van der Waals surface area (Å²) in [7, 11) is -2.84. The molecule has 7 nitrogen and oxygen atoms in total. The fraction of sp³-hybridized carbons (Fsp3) is 0.800. The number of aromatic nitrogens is 3. The van der Waals surface area contributed by atoms with E-state index in [0.29, 0.717) is 19.6 Å². The van der Waals surface area contributed by atoms with Crippen molar-refractivity contribution in [3.05, 3.63) is 11.9 Å². The van der Waals surface area contributed by atoms with Crippen molar-refractivity contribution in [3.8, 4) is 0 Å². The summed E-state index contributed by atoms with van der Waals surface area (Å²) in [4.78, 5) is 2.17. The zero-order valence-electron chi connectivity index (χ0n) is 10.5. The lowest BCUT2D eigenvalue weighted by atomic mass is 10.3.